The van der Waals surface area contributed by atoms with Crippen LogP contribution in [-0.2, 0) is 5.41 Å². The first kappa shape index (κ1) is 18.0. The summed E-state index contributed by atoms with van der Waals surface area (Å²) < 4.78 is 12.9. The number of nitrogens with zero attached hydrogens (tertiary/aromatic N) is 2. The van der Waals surface area contributed by atoms with E-state index in [-0.39, 0.29) is 11.2 Å². The van der Waals surface area contributed by atoms with Gasteiger partial charge in [-0.05, 0) is 35.2 Å². The molecule has 0 atom stereocenters. The molecule has 0 saturated carbocycles. The van der Waals surface area contributed by atoms with Crippen LogP contribution in [0.4, 0.5) is 20.0 Å². The van der Waals surface area contributed by atoms with Crippen LogP contribution in [0.1, 0.15) is 26.3 Å². The van der Waals surface area contributed by atoms with E-state index in [0.717, 1.165) is 10.6 Å². The molecule has 3 aromatic rings. The van der Waals surface area contributed by atoms with E-state index in [4.69, 9.17) is 0 Å². The third kappa shape index (κ3) is 4.43. The lowest BCUT2D eigenvalue weighted by Crippen LogP contribution is -2.19. The van der Waals surface area contributed by atoms with Crippen molar-refractivity contribution < 1.29 is 9.18 Å². The van der Waals surface area contributed by atoms with Crippen molar-refractivity contribution in [3.05, 3.63) is 59.9 Å². The van der Waals surface area contributed by atoms with Crippen molar-refractivity contribution in [1.29, 1.82) is 0 Å². The third-order valence-corrected chi connectivity index (χ3v) is 4.63. The summed E-state index contributed by atoms with van der Waals surface area (Å²) in [6.45, 7) is 6.48. The minimum atomic E-state index is -0.456. The SMILES string of the molecule is CC(C)(C)c1ccc(-c2nnc(NC(=O)Nc3ccc(F)cc3)s2)cc1. The van der Waals surface area contributed by atoms with Gasteiger partial charge in [0.15, 0.2) is 0 Å². The molecule has 0 radical (unpaired) electrons. The number of anilines is 2. The van der Waals surface area contributed by atoms with Gasteiger partial charge in [0.05, 0.1) is 0 Å². The number of hydrogen-bond donors (Lipinski definition) is 2. The van der Waals surface area contributed by atoms with Crippen molar-refractivity contribution in [3.63, 3.8) is 0 Å². The maximum absolute atomic E-state index is 12.9. The van der Waals surface area contributed by atoms with Crippen LogP contribution in [-0.4, -0.2) is 16.2 Å². The number of amides is 2. The Morgan fingerprint density at radius 2 is 1.62 bits per heavy atom. The Balaban J connectivity index is 1.66. The summed E-state index contributed by atoms with van der Waals surface area (Å²) in [7, 11) is 0. The Morgan fingerprint density at radius 1 is 0.962 bits per heavy atom. The van der Waals surface area contributed by atoms with E-state index in [1.54, 1.807) is 0 Å². The van der Waals surface area contributed by atoms with E-state index in [2.05, 4.69) is 53.7 Å². The fraction of sp³-hybridized carbons (Fsp3) is 0.211. The van der Waals surface area contributed by atoms with Crippen LogP contribution in [0.3, 0.4) is 0 Å². The van der Waals surface area contributed by atoms with Crippen molar-refractivity contribution in [2.75, 3.05) is 10.6 Å². The molecule has 0 unspecified atom stereocenters. The number of benzene rings is 2. The van der Waals surface area contributed by atoms with Gasteiger partial charge in [0.25, 0.3) is 0 Å². The van der Waals surface area contributed by atoms with Crippen molar-refractivity contribution >= 4 is 28.2 Å². The number of nitrogens with one attached hydrogen (secondary N) is 2. The van der Waals surface area contributed by atoms with Gasteiger partial charge in [-0.25, -0.2) is 9.18 Å². The highest BCUT2D eigenvalue weighted by molar-refractivity contribution is 7.18. The van der Waals surface area contributed by atoms with E-state index in [0.29, 0.717) is 10.8 Å². The van der Waals surface area contributed by atoms with Crippen molar-refractivity contribution in [2.45, 2.75) is 26.2 Å². The van der Waals surface area contributed by atoms with Crippen LogP contribution >= 0.6 is 11.3 Å². The second kappa shape index (κ2) is 7.21. The average molecular weight is 370 g/mol. The zero-order valence-electron chi connectivity index (χ0n) is 14.7. The van der Waals surface area contributed by atoms with Gasteiger partial charge in [-0.2, -0.15) is 0 Å². The molecule has 5 nitrogen and oxygen atoms in total. The minimum Gasteiger partial charge on any atom is -0.308 e. The lowest BCUT2D eigenvalue weighted by molar-refractivity contribution is 0.262. The lowest BCUT2D eigenvalue weighted by atomic mass is 9.87. The van der Waals surface area contributed by atoms with Crippen LogP contribution < -0.4 is 10.6 Å². The minimum absolute atomic E-state index is 0.0881. The Kier molecular flexibility index (Phi) is 4.99. The van der Waals surface area contributed by atoms with Gasteiger partial charge in [-0.3, -0.25) is 5.32 Å². The topological polar surface area (TPSA) is 66.9 Å². The molecule has 26 heavy (non-hydrogen) atoms. The lowest BCUT2D eigenvalue weighted by Gasteiger charge is -2.18. The molecule has 0 aliphatic carbocycles. The Labute approximate surface area is 155 Å². The first-order valence-corrected chi connectivity index (χ1v) is 8.91. The van der Waals surface area contributed by atoms with Gasteiger partial charge in [-0.15, -0.1) is 10.2 Å². The summed E-state index contributed by atoms with van der Waals surface area (Å²) in [4.78, 5) is 12.0. The van der Waals surface area contributed by atoms with E-state index in [1.165, 1.54) is 41.2 Å². The van der Waals surface area contributed by atoms with E-state index in [9.17, 15) is 9.18 Å². The predicted octanol–water partition coefficient (Wildman–Crippen LogP) is 5.29. The average Bonchev–Trinajstić information content (AvgIpc) is 3.04. The molecule has 1 heterocycles. The predicted molar refractivity (Wildman–Crippen MR) is 103 cm³/mol. The molecule has 7 heteroatoms. The largest absolute Gasteiger partial charge is 0.325 e. The molecule has 3 rings (SSSR count). The molecule has 134 valence electrons. The fourth-order valence-electron chi connectivity index (χ4n) is 2.30. The van der Waals surface area contributed by atoms with Gasteiger partial charge in [0.1, 0.15) is 10.8 Å². The van der Waals surface area contributed by atoms with Crippen LogP contribution in [0.2, 0.25) is 0 Å². The van der Waals surface area contributed by atoms with Gasteiger partial charge in [0.2, 0.25) is 5.13 Å². The van der Waals surface area contributed by atoms with Gasteiger partial charge >= 0.3 is 6.03 Å². The molecule has 1 aromatic heterocycles. The quantitative estimate of drug-likeness (QED) is 0.659. The first-order valence-electron chi connectivity index (χ1n) is 8.09. The van der Waals surface area contributed by atoms with Crippen molar-refractivity contribution in [2.24, 2.45) is 0 Å². The smallest absolute Gasteiger partial charge is 0.308 e. The molecule has 0 aliphatic rings. The molecule has 2 amide bonds. The number of rotatable bonds is 3. The molecule has 2 N–H and O–H groups in total. The maximum atomic E-state index is 12.9. The van der Waals surface area contributed by atoms with Crippen LogP contribution in [0, 0.1) is 5.82 Å². The second-order valence-corrected chi connectivity index (χ2v) is 7.80. The number of aromatic nitrogens is 2. The molecular formula is C19H19FN4OS. The number of urea groups is 1. The van der Waals surface area contributed by atoms with Gasteiger partial charge < -0.3 is 5.32 Å². The number of carbonyl (C=O) groups excluding carboxylic acids is 1. The summed E-state index contributed by atoms with van der Waals surface area (Å²) in [5.74, 6) is -0.359. The van der Waals surface area contributed by atoms with Crippen LogP contribution in [0.25, 0.3) is 10.6 Å². The summed E-state index contributed by atoms with van der Waals surface area (Å²) in [6.07, 6.45) is 0. The van der Waals surface area contributed by atoms with E-state index >= 15 is 0 Å². The standard InChI is InChI=1S/C19H19FN4OS/c1-19(2,3)13-6-4-12(5-7-13)16-23-24-18(26-16)22-17(25)21-15-10-8-14(20)9-11-15/h4-11H,1-3H3,(H2,21,22,24,25). The fourth-order valence-corrected chi connectivity index (χ4v) is 3.04. The van der Waals surface area contributed by atoms with Crippen LogP contribution in [0.5, 0.6) is 0 Å². The monoisotopic (exact) mass is 370 g/mol. The molecule has 0 fully saturated rings. The Bertz CT molecular complexity index is 899. The zero-order chi connectivity index (χ0) is 18.7. The van der Waals surface area contributed by atoms with E-state index in [1.807, 2.05) is 12.1 Å². The van der Waals surface area contributed by atoms with Gasteiger partial charge in [-0.1, -0.05) is 56.4 Å². The highest BCUT2D eigenvalue weighted by Gasteiger charge is 2.14. The molecule has 0 bridgehead atoms. The summed E-state index contributed by atoms with van der Waals surface area (Å²) >= 11 is 1.29. The summed E-state index contributed by atoms with van der Waals surface area (Å²) in [5, 5.41) is 14.5. The highest BCUT2D eigenvalue weighted by Crippen LogP contribution is 2.29. The zero-order valence-corrected chi connectivity index (χ0v) is 15.5. The summed E-state index contributed by atoms with van der Waals surface area (Å²) in [6, 6.07) is 13.2. The maximum Gasteiger partial charge on any atom is 0.325 e. The molecular weight excluding hydrogens is 351 g/mol. The van der Waals surface area contributed by atoms with Crippen LogP contribution in [0.15, 0.2) is 48.5 Å². The Morgan fingerprint density at radius 3 is 2.23 bits per heavy atom. The second-order valence-electron chi connectivity index (χ2n) is 6.83. The van der Waals surface area contributed by atoms with Crippen molar-refractivity contribution in [1.82, 2.24) is 10.2 Å². The van der Waals surface area contributed by atoms with E-state index < -0.39 is 6.03 Å². The number of carbonyl (C=O) groups is 1. The molecule has 0 aliphatic heterocycles. The highest BCUT2D eigenvalue weighted by atomic mass is 32.1. The third-order valence-electron chi connectivity index (χ3n) is 3.75. The number of halogens is 1. The first-order chi connectivity index (χ1) is 12.3. The number of hydrogen-bond acceptors (Lipinski definition) is 4. The van der Waals surface area contributed by atoms with Gasteiger partial charge in [0, 0.05) is 11.3 Å². The molecule has 0 saturated heterocycles. The molecule has 2 aromatic carbocycles. The molecule has 0 spiro atoms. The Hall–Kier alpha value is -2.80. The summed E-state index contributed by atoms with van der Waals surface area (Å²) in [5.41, 5.74) is 2.77. The normalized spacial score (nSPS) is 11.2. The van der Waals surface area contributed by atoms with Crippen molar-refractivity contribution in [3.8, 4) is 10.6 Å².